The van der Waals surface area contributed by atoms with Gasteiger partial charge in [0, 0.05) is 42.7 Å². The molecule has 0 N–H and O–H groups in total. The molecule has 1 saturated heterocycles. The predicted octanol–water partition coefficient (Wildman–Crippen LogP) is 1.46. The Morgan fingerprint density at radius 1 is 1.50 bits per heavy atom. The molecule has 2 heterocycles. The van der Waals surface area contributed by atoms with Crippen LogP contribution in [0.1, 0.15) is 31.9 Å². The lowest BCUT2D eigenvalue weighted by Gasteiger charge is -2.15. The van der Waals surface area contributed by atoms with Gasteiger partial charge in [-0.1, -0.05) is 13.8 Å². The molecule has 0 bridgehead atoms. The standard InChI is InChI=1S/C12H18ClN3O3S/c1-8(2)10-5-11(15(3)14-10)16-6-9(4-12(16)17)7-20(13,18)19/h5,8-9H,4,6-7H2,1-3H3. The molecular formula is C12H18ClN3O3S. The summed E-state index contributed by atoms with van der Waals surface area (Å²) >= 11 is 0. The van der Waals surface area contributed by atoms with Crippen LogP contribution in [-0.2, 0) is 20.9 Å². The van der Waals surface area contributed by atoms with Crippen LogP contribution in [0.25, 0.3) is 0 Å². The third kappa shape index (κ3) is 3.32. The molecule has 8 heteroatoms. The number of nitrogens with zero attached hydrogens (tertiary/aromatic N) is 3. The van der Waals surface area contributed by atoms with Gasteiger partial charge in [0.25, 0.3) is 0 Å². The molecule has 1 aromatic heterocycles. The number of aryl methyl sites for hydroxylation is 1. The van der Waals surface area contributed by atoms with E-state index >= 15 is 0 Å². The zero-order valence-corrected chi connectivity index (χ0v) is 13.3. The Bertz CT molecular complexity index is 624. The minimum atomic E-state index is -3.58. The van der Waals surface area contributed by atoms with Gasteiger partial charge in [0.15, 0.2) is 0 Å². The molecule has 0 aromatic carbocycles. The maximum atomic E-state index is 12.0. The van der Waals surface area contributed by atoms with Crippen molar-refractivity contribution >= 4 is 31.5 Å². The van der Waals surface area contributed by atoms with Gasteiger partial charge < -0.3 is 0 Å². The van der Waals surface area contributed by atoms with E-state index in [2.05, 4.69) is 5.10 Å². The summed E-state index contributed by atoms with van der Waals surface area (Å²) in [6.07, 6.45) is 0.203. The van der Waals surface area contributed by atoms with Gasteiger partial charge in [0.05, 0.1) is 11.4 Å². The van der Waals surface area contributed by atoms with E-state index in [1.807, 2.05) is 19.9 Å². The molecule has 0 radical (unpaired) electrons. The monoisotopic (exact) mass is 319 g/mol. The number of aromatic nitrogens is 2. The molecule has 6 nitrogen and oxygen atoms in total. The Morgan fingerprint density at radius 2 is 2.15 bits per heavy atom. The summed E-state index contributed by atoms with van der Waals surface area (Å²) in [6, 6.07) is 1.88. The van der Waals surface area contributed by atoms with Gasteiger partial charge in [0.1, 0.15) is 5.82 Å². The predicted molar refractivity (Wildman–Crippen MR) is 77.4 cm³/mol. The van der Waals surface area contributed by atoms with E-state index in [0.29, 0.717) is 12.4 Å². The second kappa shape index (κ2) is 5.37. The maximum Gasteiger partial charge on any atom is 0.232 e. The summed E-state index contributed by atoms with van der Waals surface area (Å²) in [5.41, 5.74) is 0.906. The van der Waals surface area contributed by atoms with Crippen LogP contribution in [0.2, 0.25) is 0 Å². The highest BCUT2D eigenvalue weighted by Gasteiger charge is 2.34. The zero-order chi connectivity index (χ0) is 15.1. The molecule has 1 unspecified atom stereocenters. The van der Waals surface area contributed by atoms with Crippen LogP contribution in [0, 0.1) is 5.92 Å². The van der Waals surface area contributed by atoms with Crippen molar-refractivity contribution in [2.24, 2.45) is 13.0 Å². The summed E-state index contributed by atoms with van der Waals surface area (Å²) in [4.78, 5) is 13.6. The Morgan fingerprint density at radius 3 is 2.65 bits per heavy atom. The van der Waals surface area contributed by atoms with Gasteiger partial charge in [-0.3, -0.25) is 14.4 Å². The molecule has 1 atom stereocenters. The van der Waals surface area contributed by atoms with Crippen molar-refractivity contribution in [1.82, 2.24) is 9.78 Å². The molecular weight excluding hydrogens is 302 g/mol. The van der Waals surface area contributed by atoms with Crippen LogP contribution in [-0.4, -0.2) is 36.4 Å². The fraction of sp³-hybridized carbons (Fsp3) is 0.667. The van der Waals surface area contributed by atoms with E-state index in [1.54, 1.807) is 16.6 Å². The van der Waals surface area contributed by atoms with Crippen LogP contribution in [0.4, 0.5) is 5.82 Å². The van der Waals surface area contributed by atoms with Gasteiger partial charge in [-0.2, -0.15) is 5.10 Å². The number of carbonyl (C=O) groups is 1. The summed E-state index contributed by atoms with van der Waals surface area (Å²) in [5.74, 6) is 0.446. The smallest absolute Gasteiger partial charge is 0.232 e. The second-order valence-corrected chi connectivity index (χ2v) is 8.31. The van der Waals surface area contributed by atoms with E-state index < -0.39 is 9.05 Å². The Kier molecular flexibility index (Phi) is 4.11. The maximum absolute atomic E-state index is 12.0. The fourth-order valence-corrected chi connectivity index (χ4v) is 3.73. The molecule has 20 heavy (non-hydrogen) atoms. The van der Waals surface area contributed by atoms with E-state index in [1.165, 1.54) is 0 Å². The highest BCUT2D eigenvalue weighted by molar-refractivity contribution is 8.13. The minimum Gasteiger partial charge on any atom is -0.297 e. The number of hydrogen-bond acceptors (Lipinski definition) is 4. The Balaban J connectivity index is 2.20. The molecule has 1 fully saturated rings. The third-order valence-corrected chi connectivity index (χ3v) is 4.63. The molecule has 112 valence electrons. The normalized spacial score (nSPS) is 20.1. The van der Waals surface area contributed by atoms with Crippen LogP contribution in [0.5, 0.6) is 0 Å². The van der Waals surface area contributed by atoms with Gasteiger partial charge in [-0.05, 0) is 5.92 Å². The van der Waals surface area contributed by atoms with E-state index in [-0.39, 0.29) is 29.9 Å². The fourth-order valence-electron chi connectivity index (χ4n) is 2.41. The molecule has 1 aromatic rings. The average molecular weight is 320 g/mol. The molecule has 1 amide bonds. The molecule has 1 aliphatic heterocycles. The highest BCUT2D eigenvalue weighted by Crippen LogP contribution is 2.28. The summed E-state index contributed by atoms with van der Waals surface area (Å²) in [6.45, 7) is 4.42. The van der Waals surface area contributed by atoms with Crippen LogP contribution in [0.15, 0.2) is 6.07 Å². The number of rotatable bonds is 4. The second-order valence-electron chi connectivity index (χ2n) is 5.49. The first kappa shape index (κ1) is 15.3. The van der Waals surface area contributed by atoms with Crippen molar-refractivity contribution < 1.29 is 13.2 Å². The van der Waals surface area contributed by atoms with E-state index in [0.717, 1.165) is 5.69 Å². The number of anilines is 1. The Labute approximate surface area is 123 Å². The third-order valence-electron chi connectivity index (χ3n) is 3.38. The minimum absolute atomic E-state index is 0.0892. The van der Waals surface area contributed by atoms with Crippen molar-refractivity contribution in [2.75, 3.05) is 17.2 Å². The molecule has 2 rings (SSSR count). The lowest BCUT2D eigenvalue weighted by atomic mass is 10.1. The zero-order valence-electron chi connectivity index (χ0n) is 11.7. The van der Waals surface area contributed by atoms with E-state index in [9.17, 15) is 13.2 Å². The number of amides is 1. The first-order valence-corrected chi connectivity index (χ1v) is 8.92. The SMILES string of the molecule is CC(C)c1cc(N2CC(CS(=O)(=O)Cl)CC2=O)n(C)n1. The topological polar surface area (TPSA) is 72.3 Å². The number of carbonyl (C=O) groups excluding carboxylic acids is 1. The van der Waals surface area contributed by atoms with Crippen LogP contribution < -0.4 is 4.90 Å². The van der Waals surface area contributed by atoms with Crippen molar-refractivity contribution in [3.05, 3.63) is 11.8 Å². The van der Waals surface area contributed by atoms with Crippen molar-refractivity contribution in [3.63, 3.8) is 0 Å². The summed E-state index contributed by atoms with van der Waals surface area (Å²) in [7, 11) is 3.45. The van der Waals surface area contributed by atoms with Gasteiger partial charge >= 0.3 is 0 Å². The lowest BCUT2D eigenvalue weighted by molar-refractivity contribution is -0.117. The summed E-state index contributed by atoms with van der Waals surface area (Å²) < 4.78 is 23.9. The van der Waals surface area contributed by atoms with Gasteiger partial charge in [-0.15, -0.1) is 0 Å². The van der Waals surface area contributed by atoms with Gasteiger partial charge in [0.2, 0.25) is 15.0 Å². The summed E-state index contributed by atoms with van der Waals surface area (Å²) in [5, 5.41) is 4.37. The highest BCUT2D eigenvalue weighted by atomic mass is 35.7. The molecule has 1 aliphatic rings. The molecule has 0 aliphatic carbocycles. The van der Waals surface area contributed by atoms with Crippen LogP contribution >= 0.6 is 10.7 Å². The number of hydrogen-bond donors (Lipinski definition) is 0. The largest absolute Gasteiger partial charge is 0.297 e. The van der Waals surface area contributed by atoms with Crippen molar-refractivity contribution in [2.45, 2.75) is 26.2 Å². The molecule has 0 spiro atoms. The number of halogens is 1. The average Bonchev–Trinajstić information content (AvgIpc) is 2.80. The molecule has 0 saturated carbocycles. The first-order chi connectivity index (χ1) is 9.17. The van der Waals surface area contributed by atoms with Crippen LogP contribution in [0.3, 0.4) is 0 Å². The lowest BCUT2D eigenvalue weighted by Crippen LogP contribution is -2.27. The Hall–Kier alpha value is -1.08. The quantitative estimate of drug-likeness (QED) is 0.788. The first-order valence-electron chi connectivity index (χ1n) is 6.44. The van der Waals surface area contributed by atoms with E-state index in [4.69, 9.17) is 10.7 Å². The van der Waals surface area contributed by atoms with Crippen molar-refractivity contribution in [1.29, 1.82) is 0 Å². The van der Waals surface area contributed by atoms with Gasteiger partial charge in [-0.25, -0.2) is 8.42 Å². The van der Waals surface area contributed by atoms with Crippen molar-refractivity contribution in [3.8, 4) is 0 Å².